The molecule has 5 aromatic rings. The number of aryl methyl sites for hydroxylation is 2. The van der Waals surface area contributed by atoms with E-state index in [4.69, 9.17) is 14.2 Å². The van der Waals surface area contributed by atoms with Crippen LogP contribution in [0.25, 0.3) is 49.4 Å². The van der Waals surface area contributed by atoms with Crippen molar-refractivity contribution < 1.29 is 39.4 Å². The third-order valence-electron chi connectivity index (χ3n) is 11.7. The summed E-state index contributed by atoms with van der Waals surface area (Å²) >= 11 is 0. The molecule has 10 heteroatoms. The van der Waals surface area contributed by atoms with Crippen molar-refractivity contribution in [2.45, 2.75) is 72.5 Å². The van der Waals surface area contributed by atoms with Crippen LogP contribution < -0.4 is 20.1 Å². The van der Waals surface area contributed by atoms with Crippen LogP contribution in [0.4, 0.5) is 0 Å². The van der Waals surface area contributed by atoms with Gasteiger partial charge in [0.15, 0.2) is 5.78 Å². The Morgan fingerprint density at radius 2 is 1.23 bits per heavy atom. The van der Waals surface area contributed by atoms with Crippen LogP contribution in [0.3, 0.4) is 0 Å². The largest absolute Gasteiger partial charge is 0.507 e. The van der Waals surface area contributed by atoms with Crippen molar-refractivity contribution in [3.8, 4) is 56.8 Å². The molecule has 0 radical (unpaired) electrons. The number of carbonyl (C=O) groups is 1. The number of rotatable bonds is 6. The lowest BCUT2D eigenvalue weighted by Gasteiger charge is -2.33. The SMILES string of the molecule is COC1=CC(=O)C(c2cc(-c3cc(-c4c(O)cc(O)c5c4C[C@@H](C)N[C@@H]5C)c4cc(C)cc(OC)c4c3O)c(O)c3c(OC)cc(C)cc23)=C2C[C@@H](C)NC(C)=C12. The van der Waals surface area contributed by atoms with Crippen LogP contribution >= 0.6 is 0 Å². The van der Waals surface area contributed by atoms with Crippen LogP contribution in [-0.2, 0) is 16.0 Å². The maximum atomic E-state index is 14.4. The summed E-state index contributed by atoms with van der Waals surface area (Å²) < 4.78 is 17.6. The highest BCUT2D eigenvalue weighted by atomic mass is 16.5. The average molecular weight is 769 g/mol. The Hall–Kier alpha value is -6.13. The van der Waals surface area contributed by atoms with Crippen LogP contribution in [0.2, 0.25) is 0 Å². The number of hydrogen-bond acceptors (Lipinski definition) is 10. The van der Waals surface area contributed by atoms with Gasteiger partial charge >= 0.3 is 0 Å². The van der Waals surface area contributed by atoms with Crippen molar-refractivity contribution in [1.29, 1.82) is 0 Å². The molecule has 0 amide bonds. The zero-order valence-corrected chi connectivity index (χ0v) is 33.7. The second kappa shape index (κ2) is 13.8. The quantitative estimate of drug-likeness (QED) is 0.0989. The fraction of sp³-hybridized carbons (Fsp3) is 0.298. The normalized spacial score (nSPS) is 19.4. The minimum absolute atomic E-state index is 0.0114. The summed E-state index contributed by atoms with van der Waals surface area (Å²) in [6.45, 7) is 11.9. The van der Waals surface area contributed by atoms with E-state index in [1.165, 1.54) is 26.4 Å². The molecule has 0 spiro atoms. The summed E-state index contributed by atoms with van der Waals surface area (Å²) in [4.78, 5) is 14.4. The molecule has 8 rings (SSSR count). The molecule has 0 unspecified atom stereocenters. The first-order valence-electron chi connectivity index (χ1n) is 19.2. The molecular formula is C47H48N2O8. The number of carbonyl (C=O) groups excluding carboxylic acids is 1. The Labute approximate surface area is 331 Å². The third-order valence-corrected chi connectivity index (χ3v) is 11.7. The van der Waals surface area contributed by atoms with E-state index in [1.807, 2.05) is 52.0 Å². The van der Waals surface area contributed by atoms with Gasteiger partial charge in [-0.1, -0.05) is 12.1 Å². The first kappa shape index (κ1) is 37.8. The zero-order valence-electron chi connectivity index (χ0n) is 33.7. The molecule has 2 heterocycles. The Morgan fingerprint density at radius 1 is 0.649 bits per heavy atom. The minimum atomic E-state index is -0.246. The Morgan fingerprint density at radius 3 is 1.81 bits per heavy atom. The van der Waals surface area contributed by atoms with Gasteiger partial charge in [-0.15, -0.1) is 0 Å². The standard InChI is InChI=1S/C47H48N2O8/c1-20-10-26-28(42-32-14-22(3)48-24(5)40(32)34(50)18-35(42)51)16-30(46(53)44(26)37(12-20)55-7)31-17-29(27-11-21(2)13-38(56-8)45(27)47(31)54)43-33-15-23(4)49-25(6)41(33)39(57-9)19-36(43)52/h10-13,16-19,22-24,48-51,53-54H,14-15H2,1-9H3/t22-,23-,24-/m1/s1. The van der Waals surface area contributed by atoms with Gasteiger partial charge in [-0.2, -0.15) is 0 Å². The highest BCUT2D eigenvalue weighted by Gasteiger charge is 2.35. The average Bonchev–Trinajstić information content (AvgIpc) is 3.14. The number of ether oxygens (including phenoxy) is 3. The highest BCUT2D eigenvalue weighted by Crippen LogP contribution is 2.55. The number of hydrogen-bond donors (Lipinski definition) is 6. The second-order valence-electron chi connectivity index (χ2n) is 15.8. The lowest BCUT2D eigenvalue weighted by atomic mass is 9.78. The lowest BCUT2D eigenvalue weighted by Crippen LogP contribution is -2.36. The number of nitrogens with one attached hydrogen (secondary N) is 2. The number of phenolic OH excluding ortho intramolecular Hbond substituents is 4. The van der Waals surface area contributed by atoms with Crippen molar-refractivity contribution in [2.75, 3.05) is 21.3 Å². The molecule has 57 heavy (non-hydrogen) atoms. The molecule has 0 fully saturated rings. The summed E-state index contributed by atoms with van der Waals surface area (Å²) in [5, 5.41) is 56.9. The molecular weight excluding hydrogens is 721 g/mol. The number of benzene rings is 5. The van der Waals surface area contributed by atoms with Gasteiger partial charge in [0.2, 0.25) is 0 Å². The molecule has 3 atom stereocenters. The van der Waals surface area contributed by atoms with Crippen LogP contribution in [0.5, 0.6) is 34.5 Å². The maximum Gasteiger partial charge on any atom is 0.190 e. The predicted molar refractivity (Wildman–Crippen MR) is 223 cm³/mol. The van der Waals surface area contributed by atoms with E-state index >= 15 is 0 Å². The molecule has 0 aromatic heterocycles. The molecule has 2 aliphatic heterocycles. The monoisotopic (exact) mass is 768 g/mol. The summed E-state index contributed by atoms with van der Waals surface area (Å²) in [5.74, 6) is 0.569. The van der Waals surface area contributed by atoms with Crippen LogP contribution in [0.1, 0.15) is 68.0 Å². The van der Waals surface area contributed by atoms with E-state index in [9.17, 15) is 25.2 Å². The number of phenols is 4. The van der Waals surface area contributed by atoms with E-state index in [-0.39, 0.29) is 58.0 Å². The van der Waals surface area contributed by atoms with Crippen molar-refractivity contribution in [2.24, 2.45) is 0 Å². The number of aromatic hydroxyl groups is 4. The Balaban J connectivity index is 1.54. The molecule has 1 aliphatic carbocycles. The highest BCUT2D eigenvalue weighted by molar-refractivity contribution is 6.32. The number of allylic oxidation sites excluding steroid dienone is 4. The van der Waals surface area contributed by atoms with E-state index in [1.54, 1.807) is 19.2 Å². The molecule has 10 nitrogen and oxygen atoms in total. The van der Waals surface area contributed by atoms with Crippen molar-refractivity contribution in [1.82, 2.24) is 10.6 Å². The first-order chi connectivity index (χ1) is 27.2. The summed E-state index contributed by atoms with van der Waals surface area (Å²) in [6, 6.07) is 12.3. The third kappa shape index (κ3) is 5.84. The summed E-state index contributed by atoms with van der Waals surface area (Å²) in [5.41, 5.74) is 8.29. The summed E-state index contributed by atoms with van der Waals surface area (Å²) in [6.07, 6.45) is 2.55. The second-order valence-corrected chi connectivity index (χ2v) is 15.8. The Bertz CT molecular complexity index is 2690. The van der Waals surface area contributed by atoms with Crippen LogP contribution in [0, 0.1) is 13.8 Å². The van der Waals surface area contributed by atoms with Gasteiger partial charge < -0.3 is 45.3 Å². The van der Waals surface area contributed by atoms with Gasteiger partial charge in [-0.05, 0) is 123 Å². The number of ketones is 1. The molecule has 294 valence electrons. The first-order valence-corrected chi connectivity index (χ1v) is 19.2. The smallest absolute Gasteiger partial charge is 0.190 e. The van der Waals surface area contributed by atoms with Gasteiger partial charge in [-0.25, -0.2) is 0 Å². The van der Waals surface area contributed by atoms with E-state index < -0.39 is 0 Å². The molecule has 0 bridgehead atoms. The minimum Gasteiger partial charge on any atom is -0.507 e. The van der Waals surface area contributed by atoms with Crippen molar-refractivity contribution in [3.63, 3.8) is 0 Å². The number of methoxy groups -OCH3 is 3. The molecule has 6 N–H and O–H groups in total. The van der Waals surface area contributed by atoms with Crippen LogP contribution in [-0.4, -0.2) is 59.6 Å². The zero-order chi connectivity index (χ0) is 40.8. The topological polar surface area (TPSA) is 150 Å². The summed E-state index contributed by atoms with van der Waals surface area (Å²) in [7, 11) is 4.62. The van der Waals surface area contributed by atoms with Crippen molar-refractivity contribution in [3.05, 3.63) is 99.0 Å². The molecule has 0 saturated carbocycles. The van der Waals surface area contributed by atoms with Gasteiger partial charge in [-0.3, -0.25) is 4.79 Å². The molecule has 3 aliphatic rings. The van der Waals surface area contributed by atoms with E-state index in [0.717, 1.165) is 33.5 Å². The van der Waals surface area contributed by atoms with Gasteiger partial charge in [0.25, 0.3) is 0 Å². The fourth-order valence-corrected chi connectivity index (χ4v) is 9.57. The predicted octanol–water partition coefficient (Wildman–Crippen LogP) is 8.90. The van der Waals surface area contributed by atoms with Crippen LogP contribution in [0.15, 0.2) is 71.1 Å². The van der Waals surface area contributed by atoms with Gasteiger partial charge in [0.05, 0.1) is 32.1 Å². The number of fused-ring (bicyclic) bond motifs is 4. The molecule has 0 saturated heterocycles. The van der Waals surface area contributed by atoms with Gasteiger partial charge in [0, 0.05) is 69.4 Å². The maximum absolute atomic E-state index is 14.4. The van der Waals surface area contributed by atoms with Crippen molar-refractivity contribution >= 4 is 32.9 Å². The lowest BCUT2D eigenvalue weighted by molar-refractivity contribution is -0.109. The molecule has 5 aromatic carbocycles. The Kier molecular flexibility index (Phi) is 9.15. The van der Waals surface area contributed by atoms with E-state index in [0.29, 0.717) is 79.5 Å². The fourth-order valence-electron chi connectivity index (χ4n) is 9.57. The van der Waals surface area contributed by atoms with E-state index in [2.05, 4.69) is 24.5 Å². The van der Waals surface area contributed by atoms with Gasteiger partial charge in [0.1, 0.15) is 40.3 Å².